The van der Waals surface area contributed by atoms with E-state index in [4.69, 9.17) is 25.9 Å². The van der Waals surface area contributed by atoms with Crippen molar-refractivity contribution in [1.29, 1.82) is 0 Å². The summed E-state index contributed by atoms with van der Waals surface area (Å²) in [7, 11) is 1.58. The Bertz CT molecular complexity index is 1120. The average molecular weight is 420 g/mol. The van der Waals surface area contributed by atoms with Crippen LogP contribution >= 0.6 is 11.6 Å². The van der Waals surface area contributed by atoms with Gasteiger partial charge in [0.2, 0.25) is 0 Å². The van der Waals surface area contributed by atoms with Gasteiger partial charge in [-0.2, -0.15) is 0 Å². The zero-order chi connectivity index (χ0) is 20.9. The first-order chi connectivity index (χ1) is 14.6. The van der Waals surface area contributed by atoms with Crippen LogP contribution in [0.25, 0.3) is 6.08 Å². The lowest BCUT2D eigenvalue weighted by atomic mass is 10.0. The molecule has 1 heterocycles. The van der Waals surface area contributed by atoms with Crippen LogP contribution < -0.4 is 9.47 Å². The average Bonchev–Trinajstić information content (AvgIpc) is 3.14. The molecule has 3 aromatic carbocycles. The summed E-state index contributed by atoms with van der Waals surface area (Å²) in [6.45, 7) is 0.428. The van der Waals surface area contributed by atoms with Gasteiger partial charge in [-0.05, 0) is 41.5 Å². The molecule has 1 aliphatic rings. The zero-order valence-corrected chi connectivity index (χ0v) is 16.9. The van der Waals surface area contributed by atoms with Crippen molar-refractivity contribution >= 4 is 29.4 Å². The second kappa shape index (κ2) is 8.84. The fraction of sp³-hybridized carbons (Fsp3) is 0.0833. The Labute approximate surface area is 179 Å². The van der Waals surface area contributed by atoms with E-state index in [2.05, 4.69) is 5.16 Å². The Morgan fingerprint density at radius 3 is 2.50 bits per heavy atom. The van der Waals surface area contributed by atoms with E-state index in [1.54, 1.807) is 43.5 Å². The maximum Gasteiger partial charge on any atom is 0.368 e. The number of hydrogen-bond donors (Lipinski definition) is 0. The molecule has 5 nitrogen and oxygen atoms in total. The van der Waals surface area contributed by atoms with Crippen LogP contribution in [0.15, 0.2) is 83.5 Å². The van der Waals surface area contributed by atoms with Crippen molar-refractivity contribution in [2.24, 2.45) is 5.16 Å². The second-order valence-electron chi connectivity index (χ2n) is 6.57. The van der Waals surface area contributed by atoms with Crippen LogP contribution in [0.5, 0.6) is 11.5 Å². The third-order valence-electron chi connectivity index (χ3n) is 4.55. The zero-order valence-electron chi connectivity index (χ0n) is 16.2. The summed E-state index contributed by atoms with van der Waals surface area (Å²) in [4.78, 5) is 17.1. The van der Waals surface area contributed by atoms with Gasteiger partial charge in [0.05, 0.1) is 12.7 Å². The summed E-state index contributed by atoms with van der Waals surface area (Å²) in [5.41, 5.74) is 3.38. The molecule has 0 saturated carbocycles. The molecule has 0 N–H and O–H groups in total. The first kappa shape index (κ1) is 19.7. The molecule has 0 atom stereocenters. The Kier molecular flexibility index (Phi) is 5.82. The van der Waals surface area contributed by atoms with Crippen LogP contribution in [0, 0.1) is 0 Å². The van der Waals surface area contributed by atoms with Crippen LogP contribution in [0.3, 0.4) is 0 Å². The van der Waals surface area contributed by atoms with Gasteiger partial charge in [-0.1, -0.05) is 65.3 Å². The highest BCUT2D eigenvalue weighted by Crippen LogP contribution is 2.31. The highest BCUT2D eigenvalue weighted by molar-refractivity contribution is 6.32. The number of benzene rings is 3. The van der Waals surface area contributed by atoms with Crippen molar-refractivity contribution in [3.05, 3.63) is 100 Å². The van der Waals surface area contributed by atoms with Crippen LogP contribution in [-0.4, -0.2) is 18.8 Å². The van der Waals surface area contributed by atoms with E-state index >= 15 is 0 Å². The molecular weight excluding hydrogens is 402 g/mol. The number of halogens is 1. The SMILES string of the molecule is COc1cc(/C=C2\C(=O)ON=C2c2ccc(Cl)cc2)ccc1OCc1ccccc1. The van der Waals surface area contributed by atoms with Crippen molar-refractivity contribution in [2.75, 3.05) is 7.11 Å². The van der Waals surface area contributed by atoms with Crippen LogP contribution in [0.2, 0.25) is 5.02 Å². The van der Waals surface area contributed by atoms with E-state index < -0.39 is 5.97 Å². The Balaban J connectivity index is 1.58. The topological polar surface area (TPSA) is 57.1 Å². The highest BCUT2D eigenvalue weighted by Gasteiger charge is 2.26. The molecule has 0 unspecified atom stereocenters. The summed E-state index contributed by atoms with van der Waals surface area (Å²) >= 11 is 5.95. The lowest BCUT2D eigenvalue weighted by Crippen LogP contribution is -2.06. The summed E-state index contributed by atoms with van der Waals surface area (Å²) in [5, 5.41) is 4.52. The van der Waals surface area contributed by atoms with Crippen molar-refractivity contribution in [2.45, 2.75) is 6.61 Å². The van der Waals surface area contributed by atoms with Crippen molar-refractivity contribution < 1.29 is 19.1 Å². The maximum absolute atomic E-state index is 12.2. The summed E-state index contributed by atoms with van der Waals surface area (Å²) in [5.74, 6) is 0.670. The van der Waals surface area contributed by atoms with E-state index in [1.165, 1.54) is 0 Å². The lowest BCUT2D eigenvalue weighted by molar-refractivity contribution is -0.136. The third kappa shape index (κ3) is 4.36. The molecule has 0 aliphatic carbocycles. The molecule has 150 valence electrons. The Morgan fingerprint density at radius 2 is 1.77 bits per heavy atom. The minimum atomic E-state index is -0.511. The fourth-order valence-electron chi connectivity index (χ4n) is 3.02. The number of nitrogens with zero attached hydrogens (tertiary/aromatic N) is 1. The Hall–Kier alpha value is -3.57. The monoisotopic (exact) mass is 419 g/mol. The van der Waals surface area contributed by atoms with E-state index in [-0.39, 0.29) is 0 Å². The number of rotatable bonds is 6. The lowest BCUT2D eigenvalue weighted by Gasteiger charge is -2.11. The van der Waals surface area contributed by atoms with Gasteiger partial charge in [-0.25, -0.2) is 4.79 Å². The number of methoxy groups -OCH3 is 1. The van der Waals surface area contributed by atoms with Crippen LogP contribution in [-0.2, 0) is 16.2 Å². The van der Waals surface area contributed by atoms with E-state index in [1.807, 2.05) is 42.5 Å². The number of oxime groups is 1. The van der Waals surface area contributed by atoms with Gasteiger partial charge in [0, 0.05) is 10.6 Å². The van der Waals surface area contributed by atoms with Gasteiger partial charge in [0.25, 0.3) is 0 Å². The molecule has 0 aromatic heterocycles. The molecule has 0 saturated heterocycles. The van der Waals surface area contributed by atoms with Gasteiger partial charge in [-0.15, -0.1) is 0 Å². The molecule has 0 amide bonds. The predicted octanol–water partition coefficient (Wildman–Crippen LogP) is 5.27. The van der Waals surface area contributed by atoms with Crippen molar-refractivity contribution in [1.82, 2.24) is 0 Å². The fourth-order valence-corrected chi connectivity index (χ4v) is 3.15. The highest BCUT2D eigenvalue weighted by atomic mass is 35.5. The standard InChI is InChI=1S/C24H18ClNO4/c1-28-22-14-17(7-12-21(22)29-15-16-5-3-2-4-6-16)13-20-23(26-30-24(20)27)18-8-10-19(25)11-9-18/h2-14H,15H2,1H3/b20-13-. The molecule has 0 spiro atoms. The van der Waals surface area contributed by atoms with Crippen LogP contribution in [0.1, 0.15) is 16.7 Å². The smallest absolute Gasteiger partial charge is 0.368 e. The number of hydrogen-bond acceptors (Lipinski definition) is 5. The van der Waals surface area contributed by atoms with Gasteiger partial charge < -0.3 is 14.3 Å². The largest absolute Gasteiger partial charge is 0.493 e. The summed E-state index contributed by atoms with van der Waals surface area (Å²) in [6, 6.07) is 22.4. The normalized spacial score (nSPS) is 14.4. The van der Waals surface area contributed by atoms with Gasteiger partial charge in [-0.3, -0.25) is 0 Å². The number of carbonyl (C=O) groups excluding carboxylic acids is 1. The minimum absolute atomic E-state index is 0.359. The minimum Gasteiger partial charge on any atom is -0.493 e. The molecule has 6 heteroatoms. The first-order valence-corrected chi connectivity index (χ1v) is 9.64. The van der Waals surface area contributed by atoms with E-state index in [9.17, 15) is 4.79 Å². The first-order valence-electron chi connectivity index (χ1n) is 9.26. The van der Waals surface area contributed by atoms with E-state index in [0.717, 1.165) is 16.7 Å². The molecule has 0 radical (unpaired) electrons. The molecular formula is C24H18ClNO4. The summed E-state index contributed by atoms with van der Waals surface area (Å²) in [6.07, 6.45) is 1.71. The van der Waals surface area contributed by atoms with Gasteiger partial charge >= 0.3 is 5.97 Å². The van der Waals surface area contributed by atoms with Gasteiger partial charge in [0.1, 0.15) is 12.3 Å². The van der Waals surface area contributed by atoms with Gasteiger partial charge in [0.15, 0.2) is 11.5 Å². The quantitative estimate of drug-likeness (QED) is 0.403. The third-order valence-corrected chi connectivity index (χ3v) is 4.80. The maximum atomic E-state index is 12.2. The Morgan fingerprint density at radius 1 is 1.00 bits per heavy atom. The number of ether oxygens (including phenoxy) is 2. The molecule has 1 aliphatic heterocycles. The molecule has 0 bridgehead atoms. The second-order valence-corrected chi connectivity index (χ2v) is 7.00. The van der Waals surface area contributed by atoms with Crippen LogP contribution in [0.4, 0.5) is 0 Å². The molecule has 3 aromatic rings. The number of carbonyl (C=O) groups is 1. The molecule has 0 fully saturated rings. The molecule has 4 rings (SSSR count). The van der Waals surface area contributed by atoms with Crippen molar-refractivity contribution in [3.8, 4) is 11.5 Å². The van der Waals surface area contributed by atoms with Crippen molar-refractivity contribution in [3.63, 3.8) is 0 Å². The summed E-state index contributed by atoms with van der Waals surface area (Å²) < 4.78 is 11.4. The van der Waals surface area contributed by atoms with E-state index in [0.29, 0.717) is 34.4 Å². The molecule has 30 heavy (non-hydrogen) atoms. The predicted molar refractivity (Wildman–Crippen MR) is 116 cm³/mol.